The SMILES string of the molecule is CCOc1cc(CCCNC(=NC)NCc2ccc(C)cc2OCCOC)ccc1OC. The quantitative estimate of drug-likeness (QED) is 0.279. The normalized spacial score (nSPS) is 11.2. The van der Waals surface area contributed by atoms with Crippen molar-refractivity contribution in [2.24, 2.45) is 4.99 Å². The Morgan fingerprint density at radius 2 is 1.78 bits per heavy atom. The summed E-state index contributed by atoms with van der Waals surface area (Å²) >= 11 is 0. The van der Waals surface area contributed by atoms with Gasteiger partial charge in [-0.1, -0.05) is 18.2 Å². The first-order valence-corrected chi connectivity index (χ1v) is 11.1. The second-order valence-electron chi connectivity index (χ2n) is 7.33. The summed E-state index contributed by atoms with van der Waals surface area (Å²) in [5.41, 5.74) is 3.46. The third-order valence-electron chi connectivity index (χ3n) is 4.90. The molecule has 0 atom stereocenters. The Kier molecular flexibility index (Phi) is 11.2. The van der Waals surface area contributed by atoms with Crippen LogP contribution >= 0.6 is 0 Å². The summed E-state index contributed by atoms with van der Waals surface area (Å²) in [6, 6.07) is 12.3. The van der Waals surface area contributed by atoms with Gasteiger partial charge in [0.05, 0.1) is 20.3 Å². The molecule has 2 rings (SSSR count). The van der Waals surface area contributed by atoms with Crippen LogP contribution in [-0.4, -0.2) is 53.6 Å². The van der Waals surface area contributed by atoms with Gasteiger partial charge < -0.3 is 29.6 Å². The molecule has 32 heavy (non-hydrogen) atoms. The molecule has 2 aromatic carbocycles. The van der Waals surface area contributed by atoms with Gasteiger partial charge in [-0.15, -0.1) is 0 Å². The van der Waals surface area contributed by atoms with Crippen molar-refractivity contribution >= 4 is 5.96 Å². The number of benzene rings is 2. The molecule has 2 N–H and O–H groups in total. The van der Waals surface area contributed by atoms with Crippen LogP contribution in [0.4, 0.5) is 0 Å². The van der Waals surface area contributed by atoms with Crippen LogP contribution in [0.3, 0.4) is 0 Å². The first kappa shape index (κ1) is 25.3. The molecule has 7 heteroatoms. The highest BCUT2D eigenvalue weighted by atomic mass is 16.5. The van der Waals surface area contributed by atoms with Gasteiger partial charge >= 0.3 is 0 Å². The lowest BCUT2D eigenvalue weighted by molar-refractivity contribution is 0.145. The molecule has 0 saturated heterocycles. The van der Waals surface area contributed by atoms with Gasteiger partial charge in [-0.05, 0) is 56.0 Å². The lowest BCUT2D eigenvalue weighted by Gasteiger charge is -2.15. The average Bonchev–Trinajstić information content (AvgIpc) is 2.80. The van der Waals surface area contributed by atoms with Crippen LogP contribution < -0.4 is 24.8 Å². The zero-order valence-corrected chi connectivity index (χ0v) is 20.0. The number of aryl methyl sites for hydroxylation is 2. The minimum absolute atomic E-state index is 0.524. The van der Waals surface area contributed by atoms with E-state index < -0.39 is 0 Å². The smallest absolute Gasteiger partial charge is 0.191 e. The fraction of sp³-hybridized carbons (Fsp3) is 0.480. The lowest BCUT2D eigenvalue weighted by atomic mass is 10.1. The minimum Gasteiger partial charge on any atom is -0.493 e. The Morgan fingerprint density at radius 1 is 0.938 bits per heavy atom. The highest BCUT2D eigenvalue weighted by Gasteiger charge is 2.07. The number of ether oxygens (including phenoxy) is 4. The number of rotatable bonds is 13. The van der Waals surface area contributed by atoms with Gasteiger partial charge in [0.25, 0.3) is 0 Å². The fourth-order valence-corrected chi connectivity index (χ4v) is 3.22. The van der Waals surface area contributed by atoms with Crippen LogP contribution in [0, 0.1) is 6.92 Å². The van der Waals surface area contributed by atoms with Gasteiger partial charge in [0.1, 0.15) is 12.4 Å². The van der Waals surface area contributed by atoms with Crippen LogP contribution in [0.2, 0.25) is 0 Å². The molecule has 0 radical (unpaired) electrons. The number of guanidine groups is 1. The number of hydrogen-bond donors (Lipinski definition) is 2. The third-order valence-corrected chi connectivity index (χ3v) is 4.90. The number of nitrogens with one attached hydrogen (secondary N) is 2. The molecule has 0 aliphatic carbocycles. The predicted molar refractivity (Wildman–Crippen MR) is 129 cm³/mol. The summed E-state index contributed by atoms with van der Waals surface area (Å²) in [6.07, 6.45) is 1.90. The second-order valence-corrected chi connectivity index (χ2v) is 7.33. The lowest BCUT2D eigenvalue weighted by Crippen LogP contribution is -2.37. The van der Waals surface area contributed by atoms with E-state index in [1.54, 1.807) is 21.3 Å². The number of hydrogen-bond acceptors (Lipinski definition) is 5. The highest BCUT2D eigenvalue weighted by molar-refractivity contribution is 5.79. The summed E-state index contributed by atoms with van der Waals surface area (Å²) < 4.78 is 22.0. The second kappa shape index (κ2) is 14.2. The molecular formula is C25H37N3O4. The molecule has 0 aliphatic heterocycles. The van der Waals surface area contributed by atoms with E-state index in [0.29, 0.717) is 26.4 Å². The average molecular weight is 444 g/mol. The van der Waals surface area contributed by atoms with Crippen molar-refractivity contribution < 1.29 is 18.9 Å². The van der Waals surface area contributed by atoms with Crippen molar-refractivity contribution in [2.45, 2.75) is 33.2 Å². The molecule has 0 bridgehead atoms. The van der Waals surface area contributed by atoms with E-state index >= 15 is 0 Å². The molecule has 7 nitrogen and oxygen atoms in total. The van der Waals surface area contributed by atoms with Crippen molar-refractivity contribution in [1.29, 1.82) is 0 Å². The molecule has 0 aromatic heterocycles. The largest absolute Gasteiger partial charge is 0.493 e. The van der Waals surface area contributed by atoms with Crippen LogP contribution in [0.25, 0.3) is 0 Å². The standard InChI is InChI=1S/C25H37N3O4/c1-6-31-24-17-20(10-12-22(24)30-5)8-7-13-27-25(26-3)28-18-21-11-9-19(2)16-23(21)32-15-14-29-4/h9-12,16-17H,6-8,13-15,18H2,1-5H3,(H2,26,27,28). The Balaban J connectivity index is 1.82. The van der Waals surface area contributed by atoms with Gasteiger partial charge in [-0.2, -0.15) is 0 Å². The molecule has 176 valence electrons. The molecule has 0 aliphatic rings. The van der Waals surface area contributed by atoms with E-state index in [2.05, 4.69) is 46.8 Å². The molecule has 2 aromatic rings. The molecule has 0 fully saturated rings. The Hall–Kier alpha value is -2.93. The first-order chi connectivity index (χ1) is 15.6. The highest BCUT2D eigenvalue weighted by Crippen LogP contribution is 2.28. The van der Waals surface area contributed by atoms with Crippen LogP contribution in [0.1, 0.15) is 30.0 Å². The topological polar surface area (TPSA) is 73.3 Å². The van der Waals surface area contributed by atoms with Crippen molar-refractivity contribution in [3.8, 4) is 17.2 Å². The number of methoxy groups -OCH3 is 2. The first-order valence-electron chi connectivity index (χ1n) is 11.1. The van der Waals surface area contributed by atoms with E-state index in [4.69, 9.17) is 18.9 Å². The predicted octanol–water partition coefficient (Wildman–Crippen LogP) is 3.73. The maximum Gasteiger partial charge on any atom is 0.191 e. The van der Waals surface area contributed by atoms with Crippen molar-refractivity contribution in [3.05, 3.63) is 53.1 Å². The molecule has 0 saturated carbocycles. The van der Waals surface area contributed by atoms with Crippen molar-refractivity contribution in [3.63, 3.8) is 0 Å². The molecule has 0 spiro atoms. The molecule has 0 amide bonds. The maximum atomic E-state index is 5.87. The zero-order valence-electron chi connectivity index (χ0n) is 20.0. The van der Waals surface area contributed by atoms with E-state index in [1.807, 2.05) is 19.1 Å². The molecular weight excluding hydrogens is 406 g/mol. The number of aliphatic imine (C=N–C) groups is 1. The van der Waals surface area contributed by atoms with Gasteiger partial charge in [0, 0.05) is 32.8 Å². The molecule has 0 heterocycles. The Bertz CT molecular complexity index is 855. The van der Waals surface area contributed by atoms with Gasteiger partial charge in [-0.25, -0.2) is 0 Å². The van der Waals surface area contributed by atoms with Gasteiger partial charge in [0.15, 0.2) is 17.5 Å². The summed E-state index contributed by atoms with van der Waals surface area (Å²) in [7, 11) is 5.11. The van der Waals surface area contributed by atoms with Crippen molar-refractivity contribution in [1.82, 2.24) is 10.6 Å². The summed E-state index contributed by atoms with van der Waals surface area (Å²) in [5, 5.41) is 6.74. The minimum atomic E-state index is 0.524. The van der Waals surface area contributed by atoms with E-state index in [9.17, 15) is 0 Å². The summed E-state index contributed by atoms with van der Waals surface area (Å²) in [4.78, 5) is 4.33. The van der Waals surface area contributed by atoms with Crippen LogP contribution in [0.15, 0.2) is 41.4 Å². The number of nitrogens with zero attached hydrogens (tertiary/aromatic N) is 1. The van der Waals surface area contributed by atoms with E-state index in [0.717, 1.165) is 53.7 Å². The Labute approximate surface area is 192 Å². The van der Waals surface area contributed by atoms with Crippen LogP contribution in [0.5, 0.6) is 17.2 Å². The monoisotopic (exact) mass is 443 g/mol. The Morgan fingerprint density at radius 3 is 2.50 bits per heavy atom. The third kappa shape index (κ3) is 8.30. The van der Waals surface area contributed by atoms with E-state index in [-0.39, 0.29) is 0 Å². The summed E-state index contributed by atoms with van der Waals surface area (Å²) in [5.74, 6) is 3.19. The summed E-state index contributed by atoms with van der Waals surface area (Å²) in [6.45, 7) is 7.16. The zero-order chi connectivity index (χ0) is 23.2. The van der Waals surface area contributed by atoms with Gasteiger partial charge in [-0.3, -0.25) is 4.99 Å². The molecule has 0 unspecified atom stereocenters. The van der Waals surface area contributed by atoms with Crippen LogP contribution in [-0.2, 0) is 17.7 Å². The maximum absolute atomic E-state index is 5.87. The fourth-order valence-electron chi connectivity index (χ4n) is 3.22. The van der Waals surface area contributed by atoms with Gasteiger partial charge in [0.2, 0.25) is 0 Å². The van der Waals surface area contributed by atoms with E-state index in [1.165, 1.54) is 5.56 Å². The van der Waals surface area contributed by atoms with Crippen molar-refractivity contribution in [2.75, 3.05) is 47.6 Å².